The molecule has 5 nitrogen and oxygen atoms in total. The van der Waals surface area contributed by atoms with Gasteiger partial charge in [0, 0.05) is 16.5 Å². The van der Waals surface area contributed by atoms with Gasteiger partial charge in [-0.05, 0) is 38.5 Å². The van der Waals surface area contributed by atoms with Gasteiger partial charge in [-0.1, -0.05) is 25.1 Å². The van der Waals surface area contributed by atoms with Crippen molar-refractivity contribution in [1.82, 2.24) is 20.1 Å². The average molecular weight is 397 g/mol. The number of carbonyl (C=O) groups is 1. The number of thiazole rings is 1. The number of para-hydroxylation sites is 1. The van der Waals surface area contributed by atoms with Crippen LogP contribution >= 0.6 is 22.7 Å². The maximum atomic E-state index is 12.9. The first-order valence-electron chi connectivity index (χ1n) is 8.84. The predicted octanol–water partition coefficient (Wildman–Crippen LogP) is 5.04. The SMILES string of the molecule is CCC(NC(=O)c1cc2c(C)nn(-c3ccccc3)c2s1)c1nc(C)cs1. The quantitative estimate of drug-likeness (QED) is 0.514. The van der Waals surface area contributed by atoms with Crippen LogP contribution < -0.4 is 5.32 Å². The Labute approximate surface area is 165 Å². The molecule has 4 aromatic rings. The second-order valence-corrected chi connectivity index (χ2v) is 8.34. The van der Waals surface area contributed by atoms with Gasteiger partial charge in [0.15, 0.2) is 0 Å². The van der Waals surface area contributed by atoms with E-state index in [1.807, 2.05) is 60.3 Å². The molecule has 0 bridgehead atoms. The average Bonchev–Trinajstić information content (AvgIpc) is 3.37. The normalized spacial score (nSPS) is 12.4. The van der Waals surface area contributed by atoms with Crippen molar-refractivity contribution in [2.24, 2.45) is 0 Å². The van der Waals surface area contributed by atoms with Crippen molar-refractivity contribution in [1.29, 1.82) is 0 Å². The van der Waals surface area contributed by atoms with Gasteiger partial charge in [0.05, 0.1) is 22.3 Å². The van der Waals surface area contributed by atoms with Gasteiger partial charge in [0.1, 0.15) is 9.84 Å². The molecular weight excluding hydrogens is 376 g/mol. The van der Waals surface area contributed by atoms with E-state index < -0.39 is 0 Å². The molecule has 1 atom stereocenters. The maximum absolute atomic E-state index is 12.9. The summed E-state index contributed by atoms with van der Waals surface area (Å²) >= 11 is 3.06. The Bertz CT molecular complexity index is 1090. The monoisotopic (exact) mass is 396 g/mol. The number of aryl methyl sites for hydroxylation is 2. The first kappa shape index (κ1) is 17.9. The third-order valence-electron chi connectivity index (χ3n) is 4.42. The summed E-state index contributed by atoms with van der Waals surface area (Å²) in [5, 5.41) is 11.8. The minimum atomic E-state index is -0.0619. The molecule has 3 heterocycles. The fraction of sp³-hybridized carbons (Fsp3) is 0.250. The van der Waals surface area contributed by atoms with E-state index in [1.54, 1.807) is 11.3 Å². The number of nitrogens with one attached hydrogen (secondary N) is 1. The minimum Gasteiger partial charge on any atom is -0.342 e. The summed E-state index contributed by atoms with van der Waals surface area (Å²) in [7, 11) is 0. The highest BCUT2D eigenvalue weighted by atomic mass is 32.1. The van der Waals surface area contributed by atoms with Crippen LogP contribution in [0.2, 0.25) is 0 Å². The number of carbonyl (C=O) groups excluding carboxylic acids is 1. The Kier molecular flexibility index (Phi) is 4.80. The molecule has 4 rings (SSSR count). The van der Waals surface area contributed by atoms with E-state index in [2.05, 4.69) is 22.3 Å². The molecule has 0 radical (unpaired) electrons. The topological polar surface area (TPSA) is 59.8 Å². The number of hydrogen-bond acceptors (Lipinski definition) is 5. The van der Waals surface area contributed by atoms with Crippen molar-refractivity contribution in [2.75, 3.05) is 0 Å². The molecule has 1 unspecified atom stereocenters. The summed E-state index contributed by atoms with van der Waals surface area (Å²) in [6.45, 7) is 6.01. The second kappa shape index (κ2) is 7.25. The van der Waals surface area contributed by atoms with Gasteiger partial charge in [-0.25, -0.2) is 9.67 Å². The molecule has 0 aliphatic carbocycles. The largest absolute Gasteiger partial charge is 0.342 e. The summed E-state index contributed by atoms with van der Waals surface area (Å²) in [5.74, 6) is -0.0603. The summed E-state index contributed by atoms with van der Waals surface area (Å²) < 4.78 is 1.91. The molecule has 0 fully saturated rings. The lowest BCUT2D eigenvalue weighted by Gasteiger charge is -2.13. The standard InChI is InChI=1S/C20H20N4OS2/c1-4-16(19-21-12(2)11-26-19)22-18(25)17-10-15-13(3)23-24(20(15)27-17)14-8-6-5-7-9-14/h5-11,16H,4H2,1-3H3,(H,22,25). The highest BCUT2D eigenvalue weighted by Crippen LogP contribution is 2.31. The van der Waals surface area contributed by atoms with E-state index in [1.165, 1.54) is 11.3 Å². The van der Waals surface area contributed by atoms with E-state index in [-0.39, 0.29) is 11.9 Å². The third kappa shape index (κ3) is 3.40. The molecule has 1 aromatic carbocycles. The van der Waals surface area contributed by atoms with Crippen LogP contribution in [0.5, 0.6) is 0 Å². The smallest absolute Gasteiger partial charge is 0.262 e. The molecule has 0 aliphatic rings. The van der Waals surface area contributed by atoms with E-state index >= 15 is 0 Å². The predicted molar refractivity (Wildman–Crippen MR) is 111 cm³/mol. The third-order valence-corrected chi connectivity index (χ3v) is 6.60. The zero-order valence-corrected chi connectivity index (χ0v) is 17.0. The Hall–Kier alpha value is -2.51. The van der Waals surface area contributed by atoms with Gasteiger partial charge in [-0.15, -0.1) is 22.7 Å². The molecule has 7 heteroatoms. The second-order valence-electron chi connectivity index (χ2n) is 6.42. The van der Waals surface area contributed by atoms with Crippen LogP contribution in [-0.4, -0.2) is 20.7 Å². The molecule has 3 aromatic heterocycles. The van der Waals surface area contributed by atoms with Crippen LogP contribution in [0.3, 0.4) is 0 Å². The number of benzene rings is 1. The molecule has 1 amide bonds. The number of nitrogens with zero attached hydrogens (tertiary/aromatic N) is 3. The van der Waals surface area contributed by atoms with Crippen LogP contribution in [0.15, 0.2) is 41.8 Å². The number of rotatable bonds is 5. The van der Waals surface area contributed by atoms with Crippen molar-refractivity contribution >= 4 is 38.8 Å². The summed E-state index contributed by atoms with van der Waals surface area (Å²) in [4.78, 5) is 19.1. The molecule has 1 N–H and O–H groups in total. The van der Waals surface area contributed by atoms with E-state index in [0.29, 0.717) is 4.88 Å². The highest BCUT2D eigenvalue weighted by Gasteiger charge is 2.21. The van der Waals surface area contributed by atoms with Crippen LogP contribution in [0.4, 0.5) is 0 Å². The van der Waals surface area contributed by atoms with Crippen LogP contribution in [0.1, 0.15) is 45.5 Å². The molecule has 0 aliphatic heterocycles. The zero-order chi connectivity index (χ0) is 19.0. The van der Waals surface area contributed by atoms with Gasteiger partial charge in [0.25, 0.3) is 5.91 Å². The lowest BCUT2D eigenvalue weighted by Crippen LogP contribution is -2.27. The lowest BCUT2D eigenvalue weighted by atomic mass is 10.2. The van der Waals surface area contributed by atoms with Crippen LogP contribution in [0.25, 0.3) is 15.9 Å². The van der Waals surface area contributed by atoms with Gasteiger partial charge in [-0.2, -0.15) is 5.10 Å². The molecule has 0 spiro atoms. The van der Waals surface area contributed by atoms with Crippen molar-refractivity contribution in [3.63, 3.8) is 0 Å². The van der Waals surface area contributed by atoms with E-state index in [4.69, 9.17) is 0 Å². The van der Waals surface area contributed by atoms with Gasteiger partial charge in [-0.3, -0.25) is 4.79 Å². The van der Waals surface area contributed by atoms with Crippen LogP contribution in [0, 0.1) is 13.8 Å². The molecule has 27 heavy (non-hydrogen) atoms. The van der Waals surface area contributed by atoms with Gasteiger partial charge >= 0.3 is 0 Å². The number of thiophene rings is 1. The Morgan fingerprint density at radius 2 is 2.04 bits per heavy atom. The van der Waals surface area contributed by atoms with E-state index in [9.17, 15) is 4.79 Å². The Balaban J connectivity index is 1.65. The molecule has 0 saturated carbocycles. The Morgan fingerprint density at radius 1 is 1.26 bits per heavy atom. The number of fused-ring (bicyclic) bond motifs is 1. The minimum absolute atomic E-state index is 0.0603. The molecule has 138 valence electrons. The van der Waals surface area contributed by atoms with Crippen molar-refractivity contribution in [3.8, 4) is 5.69 Å². The first-order chi connectivity index (χ1) is 13.1. The highest BCUT2D eigenvalue weighted by molar-refractivity contribution is 7.20. The van der Waals surface area contributed by atoms with E-state index in [0.717, 1.165) is 38.7 Å². The van der Waals surface area contributed by atoms with Crippen molar-refractivity contribution in [3.05, 3.63) is 63.1 Å². The van der Waals surface area contributed by atoms with Gasteiger partial charge < -0.3 is 5.32 Å². The van der Waals surface area contributed by atoms with Crippen molar-refractivity contribution < 1.29 is 4.79 Å². The van der Waals surface area contributed by atoms with Gasteiger partial charge in [0.2, 0.25) is 0 Å². The lowest BCUT2D eigenvalue weighted by molar-refractivity contribution is 0.0939. The maximum Gasteiger partial charge on any atom is 0.262 e. The number of aromatic nitrogens is 3. The summed E-state index contributed by atoms with van der Waals surface area (Å²) in [6, 6.07) is 11.9. The van der Waals surface area contributed by atoms with Crippen molar-refractivity contribution in [2.45, 2.75) is 33.2 Å². The Morgan fingerprint density at radius 3 is 2.70 bits per heavy atom. The zero-order valence-electron chi connectivity index (χ0n) is 15.4. The first-order valence-corrected chi connectivity index (χ1v) is 10.5. The fourth-order valence-corrected chi connectivity index (χ4v) is 5.02. The summed E-state index contributed by atoms with van der Waals surface area (Å²) in [6.07, 6.45) is 0.806. The number of amides is 1. The number of hydrogen-bond donors (Lipinski definition) is 1. The fourth-order valence-electron chi connectivity index (χ4n) is 3.00. The summed E-state index contributed by atoms with van der Waals surface area (Å²) in [5.41, 5.74) is 2.91. The van der Waals surface area contributed by atoms with Crippen LogP contribution in [-0.2, 0) is 0 Å². The molecule has 0 saturated heterocycles. The molecular formula is C20H20N4OS2.